The van der Waals surface area contributed by atoms with E-state index < -0.39 is 0 Å². The van der Waals surface area contributed by atoms with E-state index in [-0.39, 0.29) is 64.2 Å². The zero-order valence-corrected chi connectivity index (χ0v) is 7.21. The van der Waals surface area contributed by atoms with Gasteiger partial charge in [-0.25, -0.2) is 0 Å². The molecule has 0 heterocycles. The molecule has 0 aliphatic heterocycles. The number of hydrogen-bond donors (Lipinski definition) is 0. The Morgan fingerprint density at radius 2 is 1.00 bits per heavy atom. The number of rotatable bonds is 0. The van der Waals surface area contributed by atoms with Gasteiger partial charge < -0.3 is 0 Å². The van der Waals surface area contributed by atoms with E-state index in [1.54, 1.807) is 0 Å². The zero-order valence-electron chi connectivity index (χ0n) is 1.76. The molecular weight excluding hydrogens is 245 g/mol. The first-order valence-corrected chi connectivity index (χ1v) is 0. The van der Waals surface area contributed by atoms with E-state index >= 15 is 0 Å². The fourth-order valence-corrected chi connectivity index (χ4v) is 0. The molecule has 4 heteroatoms. The maximum absolute atomic E-state index is 0. The van der Waals surface area contributed by atoms with Crippen molar-refractivity contribution in [3.8, 4) is 0 Å². The van der Waals surface area contributed by atoms with Gasteiger partial charge in [0, 0.05) is 54.3 Å². The van der Waals surface area contributed by atoms with Crippen LogP contribution in [0.1, 0.15) is 0 Å². The average molecular weight is 248 g/mol. The summed E-state index contributed by atoms with van der Waals surface area (Å²) < 4.78 is 0. The quantitative estimate of drug-likeness (QED) is 0.419. The molecule has 1 atom stereocenters. The van der Waals surface area contributed by atoms with Gasteiger partial charge in [0.25, 0.3) is 0 Å². The van der Waals surface area contributed by atoms with Crippen LogP contribution in [0.25, 0.3) is 0 Å². The van der Waals surface area contributed by atoms with Gasteiger partial charge in [-0.2, -0.15) is 9.90 Å². The van der Waals surface area contributed by atoms with E-state index in [1.165, 1.54) is 0 Å². The third-order valence-electron chi connectivity index (χ3n) is 0. The third kappa shape index (κ3) is 8.92. The predicted octanol–water partition coefficient (Wildman–Crippen LogP) is 0.0506. The molecule has 0 aromatic rings. The smallest absolute Gasteiger partial charge is 0 e. The van der Waals surface area contributed by atoms with Crippen LogP contribution in [0.3, 0.4) is 0 Å². The monoisotopic (exact) mass is 249 g/mol. The molecule has 4 heavy (non-hydrogen) atoms. The second kappa shape index (κ2) is 19.3. The van der Waals surface area contributed by atoms with Gasteiger partial charge in [-0.05, 0) is 0 Å². The molecule has 0 aliphatic rings. The summed E-state index contributed by atoms with van der Waals surface area (Å²) in [5.74, 6) is 0. The van der Waals surface area contributed by atoms with Gasteiger partial charge in [-0.3, -0.25) is 0 Å². The van der Waals surface area contributed by atoms with E-state index in [2.05, 4.69) is 0 Å². The van der Waals surface area contributed by atoms with E-state index in [0.29, 0.717) is 0 Å². The SMILES string of the molecule is P.[Co].[Mo].[Ni]. The molecule has 0 nitrogen and oxygen atoms in total. The van der Waals surface area contributed by atoms with E-state index in [1.807, 2.05) is 0 Å². The molecule has 0 fully saturated rings. The van der Waals surface area contributed by atoms with Crippen molar-refractivity contribution in [3.05, 3.63) is 0 Å². The van der Waals surface area contributed by atoms with Crippen LogP contribution in [0.5, 0.6) is 0 Å². The third-order valence-corrected chi connectivity index (χ3v) is 0. The molecule has 1 radical (unpaired) electrons. The molecule has 0 aromatic heterocycles. The van der Waals surface area contributed by atoms with Crippen LogP contribution < -0.4 is 0 Å². The van der Waals surface area contributed by atoms with E-state index in [4.69, 9.17) is 0 Å². The first-order valence-electron chi connectivity index (χ1n) is 0. The van der Waals surface area contributed by atoms with Crippen LogP contribution in [0.15, 0.2) is 0 Å². The van der Waals surface area contributed by atoms with Crippen LogP contribution in [-0.4, -0.2) is 0 Å². The van der Waals surface area contributed by atoms with Gasteiger partial charge in [0.2, 0.25) is 0 Å². The molecule has 0 aromatic carbocycles. The van der Waals surface area contributed by atoms with Crippen molar-refractivity contribution >= 4 is 9.90 Å². The first-order chi connectivity index (χ1) is 0. The molecule has 0 aliphatic carbocycles. The van der Waals surface area contributed by atoms with Gasteiger partial charge >= 0.3 is 0 Å². The summed E-state index contributed by atoms with van der Waals surface area (Å²) in [7, 11) is 0. The molecule has 0 saturated carbocycles. The Bertz CT molecular complexity index is 8.00. The van der Waals surface area contributed by atoms with Crippen LogP contribution in [-0.2, 0) is 54.3 Å². The molecule has 1 unspecified atom stereocenters. The van der Waals surface area contributed by atoms with Crippen molar-refractivity contribution in [3.63, 3.8) is 0 Å². The molecule has 0 amide bonds. The van der Waals surface area contributed by atoms with Crippen molar-refractivity contribution in [1.29, 1.82) is 0 Å². The van der Waals surface area contributed by atoms with Crippen molar-refractivity contribution in [1.82, 2.24) is 0 Å². The summed E-state index contributed by atoms with van der Waals surface area (Å²) in [5, 5.41) is 0. The van der Waals surface area contributed by atoms with E-state index in [0.717, 1.165) is 0 Å². The molecule has 33 valence electrons. The molecule has 0 rings (SSSR count). The fourth-order valence-electron chi connectivity index (χ4n) is 0. The van der Waals surface area contributed by atoms with Crippen molar-refractivity contribution in [2.45, 2.75) is 0 Å². The topological polar surface area (TPSA) is 0 Å². The van der Waals surface area contributed by atoms with Crippen LogP contribution >= 0.6 is 9.90 Å². The Labute approximate surface area is 63.9 Å². The Balaban J connectivity index is 0. The summed E-state index contributed by atoms with van der Waals surface area (Å²) in [4.78, 5) is 0. The predicted molar refractivity (Wildman–Crippen MR) is 11.1 cm³/mol. The summed E-state index contributed by atoms with van der Waals surface area (Å²) >= 11 is 0. The number of hydrogen-bond acceptors (Lipinski definition) is 0. The molecule has 0 saturated heterocycles. The van der Waals surface area contributed by atoms with Crippen LogP contribution in [0, 0.1) is 0 Å². The molecular formula is H3CoMoNiP. The maximum atomic E-state index is 0. The van der Waals surface area contributed by atoms with Crippen molar-refractivity contribution in [2.75, 3.05) is 0 Å². The minimum atomic E-state index is 0. The van der Waals surface area contributed by atoms with Crippen LogP contribution in [0.4, 0.5) is 0 Å². The van der Waals surface area contributed by atoms with Crippen LogP contribution in [0.2, 0.25) is 0 Å². The molecule has 0 N–H and O–H groups in total. The standard InChI is InChI=1S/Co.Mo.Ni.H3P/h;;;1H3. The van der Waals surface area contributed by atoms with Crippen molar-refractivity contribution in [2.24, 2.45) is 0 Å². The summed E-state index contributed by atoms with van der Waals surface area (Å²) in [5.41, 5.74) is 0. The summed E-state index contributed by atoms with van der Waals surface area (Å²) in [6, 6.07) is 0. The summed E-state index contributed by atoms with van der Waals surface area (Å²) in [6.07, 6.45) is 0. The van der Waals surface area contributed by atoms with Gasteiger partial charge in [0.05, 0.1) is 0 Å². The first kappa shape index (κ1) is 35.7. The Kier molecular flexibility index (Phi) is 173. The zero-order chi connectivity index (χ0) is 0. The molecule has 0 bridgehead atoms. The Morgan fingerprint density at radius 3 is 1.00 bits per heavy atom. The molecule has 0 spiro atoms. The van der Waals surface area contributed by atoms with Gasteiger partial charge in [-0.1, -0.05) is 0 Å². The maximum Gasteiger partial charge on any atom is 0 e. The minimum Gasteiger partial charge on any atom is -0.153 e. The Morgan fingerprint density at radius 1 is 1.00 bits per heavy atom. The second-order valence-electron chi connectivity index (χ2n) is 0. The summed E-state index contributed by atoms with van der Waals surface area (Å²) in [6.45, 7) is 0. The van der Waals surface area contributed by atoms with Gasteiger partial charge in [0.15, 0.2) is 0 Å². The van der Waals surface area contributed by atoms with Crippen molar-refractivity contribution < 1.29 is 54.3 Å². The largest absolute Gasteiger partial charge is 0.153 e. The minimum absolute atomic E-state index is 0. The van der Waals surface area contributed by atoms with E-state index in [9.17, 15) is 0 Å². The van der Waals surface area contributed by atoms with Gasteiger partial charge in [0.1, 0.15) is 0 Å². The second-order valence-corrected chi connectivity index (χ2v) is 0. The Hall–Kier alpha value is 2.12. The average Bonchev–Trinajstić information content (AvgIpc) is 0. The van der Waals surface area contributed by atoms with Gasteiger partial charge in [-0.15, -0.1) is 0 Å². The normalized spacial score (nSPS) is 0. The fraction of sp³-hybridized carbons (Fsp3) is 0.